The van der Waals surface area contributed by atoms with E-state index in [1.165, 1.54) is 0 Å². The third-order valence-electron chi connectivity index (χ3n) is 5.72. The van der Waals surface area contributed by atoms with Gasteiger partial charge in [0.15, 0.2) is 0 Å². The Morgan fingerprint density at radius 2 is 1.82 bits per heavy atom. The first kappa shape index (κ1) is 24.3. The number of hydrogen-bond acceptors (Lipinski definition) is 6. The van der Waals surface area contributed by atoms with Crippen LogP contribution in [0.4, 0.5) is 0 Å². The van der Waals surface area contributed by atoms with E-state index in [4.69, 9.17) is 9.47 Å². The highest BCUT2D eigenvalue weighted by atomic mass is 16.5. The van der Waals surface area contributed by atoms with Crippen molar-refractivity contribution < 1.29 is 24.2 Å². The van der Waals surface area contributed by atoms with Crippen LogP contribution in [0.5, 0.6) is 11.5 Å². The van der Waals surface area contributed by atoms with E-state index in [-0.39, 0.29) is 11.3 Å². The van der Waals surface area contributed by atoms with Crippen molar-refractivity contribution in [1.29, 1.82) is 0 Å². The van der Waals surface area contributed by atoms with Gasteiger partial charge in [-0.05, 0) is 82.4 Å². The van der Waals surface area contributed by atoms with Crippen molar-refractivity contribution in [2.24, 2.45) is 0 Å². The van der Waals surface area contributed by atoms with Crippen LogP contribution >= 0.6 is 0 Å². The molecule has 1 heterocycles. The van der Waals surface area contributed by atoms with Gasteiger partial charge in [0.2, 0.25) is 0 Å². The lowest BCUT2D eigenvalue weighted by Crippen LogP contribution is -2.32. The number of likely N-dealkylation sites (tertiary alicyclic amines) is 1. The molecule has 0 saturated carbocycles. The summed E-state index contributed by atoms with van der Waals surface area (Å²) in [5, 5.41) is 11.2. The van der Waals surface area contributed by atoms with E-state index in [0.717, 1.165) is 17.7 Å². The third kappa shape index (κ3) is 5.20. The van der Waals surface area contributed by atoms with Crippen LogP contribution in [-0.2, 0) is 9.59 Å². The fourth-order valence-electron chi connectivity index (χ4n) is 4.07. The number of hydrogen-bond donors (Lipinski definition) is 1. The molecule has 176 valence electrons. The van der Waals surface area contributed by atoms with Crippen LogP contribution in [0.25, 0.3) is 5.76 Å². The first-order valence-corrected chi connectivity index (χ1v) is 11.1. The Labute approximate surface area is 195 Å². The summed E-state index contributed by atoms with van der Waals surface area (Å²) in [6.07, 6.45) is 0.703. The predicted octanol–water partition coefficient (Wildman–Crippen LogP) is 3.78. The summed E-state index contributed by atoms with van der Waals surface area (Å²) >= 11 is 0. The molecule has 2 aromatic rings. The Balaban J connectivity index is 2.08. The second kappa shape index (κ2) is 10.5. The highest BCUT2D eigenvalue weighted by Crippen LogP contribution is 2.40. The second-order valence-electron chi connectivity index (χ2n) is 8.34. The van der Waals surface area contributed by atoms with Crippen LogP contribution in [0, 0.1) is 6.92 Å². The van der Waals surface area contributed by atoms with Gasteiger partial charge in [-0.1, -0.05) is 12.1 Å². The molecule has 33 heavy (non-hydrogen) atoms. The number of amides is 1. The lowest BCUT2D eigenvalue weighted by Gasteiger charge is -2.26. The summed E-state index contributed by atoms with van der Waals surface area (Å²) in [6, 6.07) is 11.8. The molecule has 0 aliphatic carbocycles. The quantitative estimate of drug-likeness (QED) is 0.354. The molecule has 1 N–H and O–H groups in total. The summed E-state index contributed by atoms with van der Waals surface area (Å²) in [5.74, 6) is -0.0748. The van der Waals surface area contributed by atoms with Crippen molar-refractivity contribution in [3.63, 3.8) is 0 Å². The molecule has 2 aromatic carbocycles. The van der Waals surface area contributed by atoms with Crippen LogP contribution in [-0.4, -0.2) is 67.5 Å². The Morgan fingerprint density at radius 1 is 1.12 bits per heavy atom. The number of Topliss-reactive ketones (excluding diaryl/α,β-unsaturated/α-hetero) is 1. The second-order valence-corrected chi connectivity index (χ2v) is 8.34. The molecule has 0 radical (unpaired) electrons. The number of methoxy groups -OCH3 is 1. The average Bonchev–Trinajstić information content (AvgIpc) is 3.05. The Hall–Kier alpha value is -3.32. The number of aryl methyl sites for hydroxylation is 1. The average molecular weight is 453 g/mol. The van der Waals surface area contributed by atoms with Crippen LogP contribution < -0.4 is 9.47 Å². The van der Waals surface area contributed by atoms with Gasteiger partial charge in [0.25, 0.3) is 11.7 Å². The van der Waals surface area contributed by atoms with Crippen molar-refractivity contribution >= 4 is 17.4 Å². The van der Waals surface area contributed by atoms with E-state index in [0.29, 0.717) is 36.6 Å². The van der Waals surface area contributed by atoms with Gasteiger partial charge < -0.3 is 24.4 Å². The van der Waals surface area contributed by atoms with Gasteiger partial charge >= 0.3 is 0 Å². The molecule has 1 aliphatic rings. The fourth-order valence-corrected chi connectivity index (χ4v) is 4.07. The maximum absolute atomic E-state index is 13.1. The molecule has 0 unspecified atom stereocenters. The molecule has 0 aromatic heterocycles. The summed E-state index contributed by atoms with van der Waals surface area (Å²) in [7, 11) is 5.50. The smallest absolute Gasteiger partial charge is 0.295 e. The molecule has 1 fully saturated rings. The van der Waals surface area contributed by atoms with Gasteiger partial charge in [-0.2, -0.15) is 0 Å². The van der Waals surface area contributed by atoms with Crippen molar-refractivity contribution in [2.75, 3.05) is 40.9 Å². The minimum absolute atomic E-state index is 0.0959. The lowest BCUT2D eigenvalue weighted by atomic mass is 9.94. The monoisotopic (exact) mass is 452 g/mol. The highest BCUT2D eigenvalue weighted by molar-refractivity contribution is 6.46. The zero-order valence-electron chi connectivity index (χ0n) is 19.9. The molecule has 1 saturated heterocycles. The topological polar surface area (TPSA) is 79.3 Å². The normalized spacial score (nSPS) is 17.6. The number of ether oxygens (including phenoxy) is 2. The van der Waals surface area contributed by atoms with Crippen LogP contribution in [0.1, 0.15) is 36.1 Å². The number of carbonyl (C=O) groups excluding carboxylic acids is 2. The molecule has 1 amide bonds. The largest absolute Gasteiger partial charge is 0.507 e. The summed E-state index contributed by atoms with van der Waals surface area (Å²) in [5.41, 5.74) is 2.14. The number of aliphatic hydroxyl groups is 1. The van der Waals surface area contributed by atoms with Crippen LogP contribution in [0.3, 0.4) is 0 Å². The summed E-state index contributed by atoms with van der Waals surface area (Å²) in [6.45, 7) is 5.49. The van der Waals surface area contributed by atoms with Gasteiger partial charge in [-0.15, -0.1) is 0 Å². The zero-order chi connectivity index (χ0) is 24.1. The summed E-state index contributed by atoms with van der Waals surface area (Å²) in [4.78, 5) is 29.7. The molecule has 0 bridgehead atoms. The highest BCUT2D eigenvalue weighted by Gasteiger charge is 2.45. The van der Waals surface area contributed by atoms with Crippen LogP contribution in [0.2, 0.25) is 0 Å². The molecule has 1 atom stereocenters. The van der Waals surface area contributed by atoms with Crippen LogP contribution in [0.15, 0.2) is 48.0 Å². The van der Waals surface area contributed by atoms with Gasteiger partial charge in [0, 0.05) is 12.1 Å². The Kier molecular flexibility index (Phi) is 7.76. The summed E-state index contributed by atoms with van der Waals surface area (Å²) < 4.78 is 10.8. The van der Waals surface area contributed by atoms with Gasteiger partial charge in [0.1, 0.15) is 17.3 Å². The maximum Gasteiger partial charge on any atom is 0.295 e. The minimum Gasteiger partial charge on any atom is -0.507 e. The van der Waals surface area contributed by atoms with Crippen molar-refractivity contribution in [2.45, 2.75) is 26.3 Å². The molecule has 7 nitrogen and oxygen atoms in total. The van der Waals surface area contributed by atoms with E-state index in [1.807, 2.05) is 45.0 Å². The van der Waals surface area contributed by atoms with Crippen molar-refractivity contribution in [3.8, 4) is 11.5 Å². The predicted molar refractivity (Wildman–Crippen MR) is 128 cm³/mol. The molecule has 0 spiro atoms. The SMILES string of the molecule is CCOc1ccc(C(O)=C2C(=O)C(=O)N(CCCN(C)C)[C@H]2c2ccc(OC)cc2)cc1C. The number of aliphatic hydroxyl groups excluding tert-OH is 1. The van der Waals surface area contributed by atoms with Crippen molar-refractivity contribution in [1.82, 2.24) is 9.80 Å². The zero-order valence-corrected chi connectivity index (χ0v) is 19.9. The number of nitrogens with zero attached hydrogens (tertiary/aromatic N) is 2. The van der Waals surface area contributed by atoms with Gasteiger partial charge in [0.05, 0.1) is 25.3 Å². The Morgan fingerprint density at radius 3 is 2.39 bits per heavy atom. The fraction of sp³-hybridized carbons (Fsp3) is 0.385. The first-order valence-electron chi connectivity index (χ1n) is 11.1. The van der Waals surface area contributed by atoms with E-state index in [9.17, 15) is 14.7 Å². The van der Waals surface area contributed by atoms with E-state index in [1.54, 1.807) is 42.3 Å². The number of carbonyl (C=O) groups is 2. The number of rotatable bonds is 9. The number of benzene rings is 2. The van der Waals surface area contributed by atoms with Gasteiger partial charge in [-0.3, -0.25) is 9.59 Å². The first-order chi connectivity index (χ1) is 15.8. The number of ketones is 1. The van der Waals surface area contributed by atoms with E-state index >= 15 is 0 Å². The Bertz CT molecular complexity index is 1040. The van der Waals surface area contributed by atoms with Crippen molar-refractivity contribution in [3.05, 3.63) is 64.7 Å². The van der Waals surface area contributed by atoms with Gasteiger partial charge in [-0.25, -0.2) is 0 Å². The van der Waals surface area contributed by atoms with E-state index in [2.05, 4.69) is 0 Å². The lowest BCUT2D eigenvalue weighted by molar-refractivity contribution is -0.139. The van der Waals surface area contributed by atoms with E-state index < -0.39 is 17.7 Å². The molecule has 7 heteroatoms. The minimum atomic E-state index is -0.676. The molecular weight excluding hydrogens is 420 g/mol. The molecular formula is C26H32N2O5. The molecule has 3 rings (SSSR count). The molecule has 1 aliphatic heterocycles. The maximum atomic E-state index is 13.1. The standard InChI is InChI=1S/C26H32N2O5/c1-6-33-21-13-10-19(16-17(21)2)24(29)22-23(18-8-11-20(32-5)12-9-18)28(26(31)25(22)30)15-7-14-27(3)4/h8-13,16,23,29H,6-7,14-15H2,1-5H3/t23-/m0/s1. The third-order valence-corrected chi connectivity index (χ3v) is 5.72.